The minimum Gasteiger partial charge on any atom is -0.494 e. The Labute approximate surface area is 468 Å². The van der Waals surface area contributed by atoms with E-state index in [0.717, 1.165) is 19.3 Å². The van der Waals surface area contributed by atoms with Crippen molar-refractivity contribution in [1.82, 2.24) is 37.2 Å². The first kappa shape index (κ1) is 64.2. The van der Waals surface area contributed by atoms with Crippen LogP contribution < -0.4 is 76.4 Å². The normalized spacial score (nSPS) is 21.3. The number of amides is 9. The van der Waals surface area contributed by atoms with Crippen LogP contribution in [0, 0.1) is 5.92 Å². The molecule has 434 valence electrons. The molecule has 27 heteroatoms. The van der Waals surface area contributed by atoms with Gasteiger partial charge in [-0.05, 0) is 74.6 Å². The highest BCUT2D eigenvalue weighted by molar-refractivity contribution is 8.77. The molecule has 1 saturated carbocycles. The minimum atomic E-state index is -1.69. The number of nitrogens with zero attached hydrogens (tertiary/aromatic N) is 2. The number of hydrogen-bond acceptors (Lipinski definition) is 14. The summed E-state index contributed by atoms with van der Waals surface area (Å²) in [6.07, 6.45) is 3.17. The summed E-state index contributed by atoms with van der Waals surface area (Å²) >= 11 is 0. The minimum absolute atomic E-state index is 0.0209. The lowest BCUT2D eigenvalue weighted by Gasteiger charge is -2.36. The fraction of sp³-hybridized carbons (Fsp3) is 0.558. The van der Waals surface area contributed by atoms with Crippen molar-refractivity contribution in [1.29, 1.82) is 0 Å². The number of carbonyl (C=O) groups is 9. The fourth-order valence-corrected chi connectivity index (χ4v) is 12.3. The highest BCUT2D eigenvalue weighted by Gasteiger charge is 2.40. The highest BCUT2D eigenvalue weighted by atomic mass is 33.1. The van der Waals surface area contributed by atoms with E-state index in [1.165, 1.54) is 21.6 Å². The molecule has 79 heavy (non-hydrogen) atoms. The first-order chi connectivity index (χ1) is 37.6. The van der Waals surface area contributed by atoms with E-state index in [-0.39, 0.29) is 75.7 Å². The van der Waals surface area contributed by atoms with Crippen LogP contribution in [0.1, 0.15) is 103 Å². The number of benzene rings is 2. The van der Waals surface area contributed by atoms with E-state index >= 15 is 0 Å². The van der Waals surface area contributed by atoms with Gasteiger partial charge in [-0.15, -0.1) is 0 Å². The van der Waals surface area contributed by atoms with Gasteiger partial charge in [0, 0.05) is 42.9 Å². The van der Waals surface area contributed by atoms with Crippen LogP contribution in [0.5, 0.6) is 5.75 Å². The predicted molar refractivity (Wildman–Crippen MR) is 303 cm³/mol. The van der Waals surface area contributed by atoms with Gasteiger partial charge in [0.25, 0.3) is 0 Å². The third-order valence-corrected chi connectivity index (χ3v) is 16.4. The molecule has 0 radical (unpaired) electrons. The Balaban J connectivity index is 1.79. The molecule has 2 fully saturated rings. The molecule has 1 aliphatic carbocycles. The lowest BCUT2D eigenvalue weighted by atomic mass is 9.85. The maximum atomic E-state index is 14.6. The van der Waals surface area contributed by atoms with Crippen LogP contribution in [0.2, 0.25) is 0 Å². The number of hydrogen-bond donors (Lipinski definition) is 13. The average Bonchev–Trinajstić information content (AvgIpc) is 3.39. The van der Waals surface area contributed by atoms with Gasteiger partial charge in [-0.2, -0.15) is 0 Å². The first-order valence-corrected chi connectivity index (χ1v) is 28.8. The smallest absolute Gasteiger partial charge is 0.244 e. The SMILES string of the molecule is CCOc1ccc(C[C@H]2NC(=O)CC3(CCCCC3)SSC[C@@H](C(=O)N[C@@H](CCCN=C(N)N)C(=O)N[C@H](CCCN=C(N)N)C(N)=O)NC(=O)[C@H](CC(N)=O)NC(=O)[C@H](C(C)C)NC(=O)[C@H](Cc3ccccc3)NC2=O)cc1. The zero-order valence-corrected chi connectivity index (χ0v) is 46.7. The summed E-state index contributed by atoms with van der Waals surface area (Å²) in [5, 5.41) is 19.0. The number of aliphatic imine (C=N–C) groups is 2. The number of nitrogens with two attached hydrogens (primary N) is 6. The van der Waals surface area contributed by atoms with Crippen LogP contribution >= 0.6 is 21.6 Å². The third kappa shape index (κ3) is 22.5. The quantitative estimate of drug-likeness (QED) is 0.0287. The van der Waals surface area contributed by atoms with Crippen molar-refractivity contribution in [2.45, 2.75) is 151 Å². The van der Waals surface area contributed by atoms with Gasteiger partial charge < -0.3 is 76.4 Å². The summed E-state index contributed by atoms with van der Waals surface area (Å²) in [6, 6.07) is 6.38. The summed E-state index contributed by atoms with van der Waals surface area (Å²) in [4.78, 5) is 134. The zero-order chi connectivity index (χ0) is 58.1. The number of ether oxygens (including phenoxy) is 1. The van der Waals surface area contributed by atoms with Gasteiger partial charge in [-0.3, -0.25) is 53.1 Å². The van der Waals surface area contributed by atoms with Gasteiger partial charge in [-0.1, -0.05) is 97.2 Å². The Morgan fingerprint density at radius 1 is 0.684 bits per heavy atom. The number of nitrogens with one attached hydrogen (secondary N) is 7. The van der Waals surface area contributed by atoms with Gasteiger partial charge >= 0.3 is 0 Å². The zero-order valence-electron chi connectivity index (χ0n) is 45.1. The van der Waals surface area contributed by atoms with E-state index in [1.807, 2.05) is 6.92 Å². The molecule has 1 saturated heterocycles. The van der Waals surface area contributed by atoms with Crippen molar-refractivity contribution in [2.24, 2.45) is 50.3 Å². The van der Waals surface area contributed by atoms with E-state index in [9.17, 15) is 43.2 Å². The molecule has 0 bridgehead atoms. The molecule has 1 spiro atoms. The Hall–Kier alpha value is -7.29. The molecule has 1 heterocycles. The van der Waals surface area contributed by atoms with Crippen molar-refractivity contribution in [3.8, 4) is 5.75 Å². The molecular weight excluding hydrogens is 1060 g/mol. The summed E-state index contributed by atoms with van der Waals surface area (Å²) in [5.74, 6) is -7.93. The number of carbonyl (C=O) groups excluding carboxylic acids is 9. The predicted octanol–water partition coefficient (Wildman–Crippen LogP) is -1.12. The number of guanidine groups is 2. The molecule has 2 aliphatic rings. The van der Waals surface area contributed by atoms with E-state index in [1.54, 1.807) is 68.4 Å². The highest BCUT2D eigenvalue weighted by Crippen LogP contribution is 2.48. The molecule has 2 aromatic rings. The second kappa shape index (κ2) is 32.6. The Morgan fingerprint density at radius 2 is 1.24 bits per heavy atom. The fourth-order valence-electron chi connectivity index (χ4n) is 8.94. The molecule has 0 unspecified atom stereocenters. The average molecular weight is 1140 g/mol. The molecule has 4 rings (SSSR count). The van der Waals surface area contributed by atoms with Gasteiger partial charge in [-0.25, -0.2) is 0 Å². The molecule has 2 aromatic carbocycles. The second-order valence-electron chi connectivity index (χ2n) is 19.9. The lowest BCUT2D eigenvalue weighted by molar-refractivity contribution is -0.136. The van der Waals surface area contributed by atoms with Gasteiger partial charge in [0.1, 0.15) is 48.0 Å². The summed E-state index contributed by atoms with van der Waals surface area (Å²) < 4.78 is 4.90. The summed E-state index contributed by atoms with van der Waals surface area (Å²) in [5.41, 5.74) is 34.6. The van der Waals surface area contributed by atoms with E-state index < -0.39 is 113 Å². The molecule has 19 N–H and O–H groups in total. The van der Waals surface area contributed by atoms with Crippen LogP contribution in [0.4, 0.5) is 0 Å². The van der Waals surface area contributed by atoms with Crippen molar-refractivity contribution in [3.05, 3.63) is 65.7 Å². The standard InChI is InChI=1S/C52H79N15O10S2/c1-4-77-33-19-17-32(18-20-33)26-36-45(72)64-37(25-31-13-7-5-8-14-31)47(74)67-42(30(2)3)49(76)65-38(27-40(53)68)46(73)66-39(29-78-79-52(28-41(69)61-36)21-9-6-10-22-52)48(75)63-35(16-12-24-60-51(57)58)44(71)62-34(43(54)70)15-11-23-59-50(55)56/h5,7-8,13-14,17-20,30,34-39,42H,4,6,9-12,15-16,21-29H2,1-3H3,(H2,53,68)(H2,54,70)(H,61,69)(H,62,71)(H,63,75)(H,64,72)(H,65,76)(H,66,73)(H,67,74)(H4,55,56,59)(H4,57,58,60)/t34-,35+,36-,37+,38+,39+,42+/m1/s1. The van der Waals surface area contributed by atoms with Crippen LogP contribution in [-0.4, -0.2) is 138 Å². The molecule has 25 nitrogen and oxygen atoms in total. The van der Waals surface area contributed by atoms with E-state index in [0.29, 0.717) is 36.3 Å². The topological polar surface area (TPSA) is 428 Å². The van der Waals surface area contributed by atoms with Crippen LogP contribution in [0.25, 0.3) is 0 Å². The van der Waals surface area contributed by atoms with Crippen molar-refractivity contribution < 1.29 is 47.9 Å². The van der Waals surface area contributed by atoms with Crippen molar-refractivity contribution in [2.75, 3.05) is 25.4 Å². The summed E-state index contributed by atoms with van der Waals surface area (Å²) in [7, 11) is 2.51. The van der Waals surface area contributed by atoms with E-state index in [4.69, 9.17) is 39.1 Å². The summed E-state index contributed by atoms with van der Waals surface area (Å²) in [6.45, 7) is 5.74. The second-order valence-corrected chi connectivity index (χ2v) is 22.7. The number of primary amides is 2. The Bertz CT molecular complexity index is 2450. The van der Waals surface area contributed by atoms with E-state index in [2.05, 4.69) is 47.2 Å². The molecule has 7 atom stereocenters. The van der Waals surface area contributed by atoms with Crippen molar-refractivity contribution >= 4 is 86.7 Å². The number of rotatable bonds is 22. The lowest BCUT2D eigenvalue weighted by Crippen LogP contribution is -2.61. The van der Waals surface area contributed by atoms with Crippen LogP contribution in [-0.2, 0) is 56.0 Å². The molecule has 9 amide bonds. The van der Waals surface area contributed by atoms with Gasteiger partial charge in [0.15, 0.2) is 11.9 Å². The van der Waals surface area contributed by atoms with Crippen molar-refractivity contribution in [3.63, 3.8) is 0 Å². The Kier molecular flexibility index (Phi) is 26.5. The van der Waals surface area contributed by atoms with Crippen LogP contribution in [0.15, 0.2) is 64.6 Å². The first-order valence-electron chi connectivity index (χ1n) is 26.4. The monoisotopic (exact) mass is 1140 g/mol. The molecule has 0 aromatic heterocycles. The van der Waals surface area contributed by atoms with Crippen LogP contribution in [0.3, 0.4) is 0 Å². The maximum absolute atomic E-state index is 14.6. The Morgan fingerprint density at radius 3 is 1.81 bits per heavy atom. The molecular formula is C52H79N15O10S2. The third-order valence-electron chi connectivity index (χ3n) is 13.1. The maximum Gasteiger partial charge on any atom is 0.244 e. The van der Waals surface area contributed by atoms with Gasteiger partial charge in [0.05, 0.1) is 13.0 Å². The van der Waals surface area contributed by atoms with Gasteiger partial charge in [0.2, 0.25) is 53.2 Å². The largest absolute Gasteiger partial charge is 0.494 e. The molecule has 1 aliphatic heterocycles.